The van der Waals surface area contributed by atoms with Gasteiger partial charge in [0.2, 0.25) is 0 Å². The van der Waals surface area contributed by atoms with E-state index in [0.717, 1.165) is 10.2 Å². The Morgan fingerprint density at radius 2 is 2.14 bits per heavy atom. The number of aryl methyl sites for hydroxylation is 1. The highest BCUT2D eigenvalue weighted by molar-refractivity contribution is 9.10. The van der Waals surface area contributed by atoms with E-state index in [1.807, 2.05) is 6.92 Å². The number of rotatable bonds is 5. The number of halogens is 2. The van der Waals surface area contributed by atoms with E-state index in [0.29, 0.717) is 12.1 Å². The fraction of sp³-hybridized carbons (Fsp3) is 0.214. The number of hydrogen-bond acceptors (Lipinski definition) is 4. The average molecular weight is 369 g/mol. The Morgan fingerprint density at radius 3 is 2.73 bits per heavy atom. The minimum Gasteiger partial charge on any atom is -0.380 e. The molecule has 6 nitrogen and oxygen atoms in total. The molecule has 1 heterocycles. The molecule has 0 amide bonds. The van der Waals surface area contributed by atoms with Crippen molar-refractivity contribution in [2.75, 3.05) is 0 Å². The number of hydrogen-bond donors (Lipinski definition) is 1. The van der Waals surface area contributed by atoms with Crippen molar-refractivity contribution in [3.8, 4) is 0 Å². The molecule has 22 heavy (non-hydrogen) atoms. The fourth-order valence-electron chi connectivity index (χ4n) is 1.67. The second-order valence-electron chi connectivity index (χ2n) is 4.50. The van der Waals surface area contributed by atoms with Gasteiger partial charge in [0.15, 0.2) is 5.84 Å². The summed E-state index contributed by atoms with van der Waals surface area (Å²) in [5.41, 5.74) is 7.05. The number of carbonyl (C=O) groups excluding carboxylic acids is 1. The van der Waals surface area contributed by atoms with Crippen LogP contribution >= 0.6 is 15.9 Å². The van der Waals surface area contributed by atoms with Crippen LogP contribution in [0.25, 0.3) is 0 Å². The number of aromatic nitrogens is 2. The molecule has 2 N–H and O–H groups in total. The summed E-state index contributed by atoms with van der Waals surface area (Å²) in [6.07, 6.45) is 1.76. The minimum absolute atomic E-state index is 0.00589. The molecule has 0 atom stereocenters. The van der Waals surface area contributed by atoms with Gasteiger partial charge in [0.1, 0.15) is 5.82 Å². The molecule has 0 aliphatic carbocycles. The number of carbonyl (C=O) groups is 1. The largest absolute Gasteiger partial charge is 0.380 e. The van der Waals surface area contributed by atoms with Crippen molar-refractivity contribution >= 4 is 27.7 Å². The molecule has 0 unspecified atom stereocenters. The number of benzene rings is 1. The number of nitrogens with zero attached hydrogens (tertiary/aromatic N) is 3. The third-order valence-corrected chi connectivity index (χ3v) is 3.74. The first kappa shape index (κ1) is 16.2. The molecule has 2 aromatic rings. The lowest BCUT2D eigenvalue weighted by Gasteiger charge is -2.03. The van der Waals surface area contributed by atoms with Crippen molar-refractivity contribution < 1.29 is 14.0 Å². The van der Waals surface area contributed by atoms with Crippen LogP contribution in [-0.2, 0) is 16.2 Å². The predicted molar refractivity (Wildman–Crippen MR) is 82.5 cm³/mol. The molecule has 0 saturated carbocycles. The van der Waals surface area contributed by atoms with E-state index in [1.54, 1.807) is 10.9 Å². The molecule has 116 valence electrons. The first-order chi connectivity index (χ1) is 10.5. The maximum absolute atomic E-state index is 12.8. The Hall–Kier alpha value is -2.22. The molecule has 0 aliphatic heterocycles. The minimum atomic E-state index is -0.531. The van der Waals surface area contributed by atoms with Crippen LogP contribution in [0, 0.1) is 12.7 Å². The Kier molecular flexibility index (Phi) is 5.26. The van der Waals surface area contributed by atoms with Crippen LogP contribution in [0.2, 0.25) is 0 Å². The molecule has 0 bridgehead atoms. The summed E-state index contributed by atoms with van der Waals surface area (Å²) in [5, 5.41) is 7.65. The van der Waals surface area contributed by atoms with Crippen LogP contribution in [0.1, 0.15) is 17.7 Å². The fourth-order valence-corrected chi connectivity index (χ4v) is 1.96. The zero-order valence-electron chi connectivity index (χ0n) is 11.8. The zero-order valence-corrected chi connectivity index (χ0v) is 13.4. The van der Waals surface area contributed by atoms with Gasteiger partial charge in [0.05, 0.1) is 23.6 Å². The molecule has 0 saturated heterocycles. The van der Waals surface area contributed by atoms with E-state index in [-0.39, 0.29) is 18.1 Å². The third-order valence-electron chi connectivity index (χ3n) is 2.96. The summed E-state index contributed by atoms with van der Waals surface area (Å²) in [5.74, 6) is -0.906. The van der Waals surface area contributed by atoms with Crippen molar-refractivity contribution in [3.05, 3.63) is 52.0 Å². The first-order valence-electron chi connectivity index (χ1n) is 6.44. The van der Waals surface area contributed by atoms with Crippen LogP contribution < -0.4 is 5.73 Å². The quantitative estimate of drug-likeness (QED) is 0.380. The Bertz CT molecular complexity index is 697. The van der Waals surface area contributed by atoms with E-state index >= 15 is 0 Å². The van der Waals surface area contributed by atoms with E-state index in [2.05, 4.69) is 26.2 Å². The molecule has 0 radical (unpaired) electrons. The van der Waals surface area contributed by atoms with E-state index in [1.165, 1.54) is 24.3 Å². The van der Waals surface area contributed by atoms with Gasteiger partial charge in [-0.2, -0.15) is 5.10 Å². The number of oxime groups is 1. The summed E-state index contributed by atoms with van der Waals surface area (Å²) in [6.45, 7) is 2.26. The smallest absolute Gasteiger partial charge is 0.336 e. The van der Waals surface area contributed by atoms with Crippen LogP contribution in [0.5, 0.6) is 0 Å². The Morgan fingerprint density at radius 1 is 1.45 bits per heavy atom. The lowest BCUT2D eigenvalue weighted by molar-refractivity contribution is -0.144. The predicted octanol–water partition coefficient (Wildman–Crippen LogP) is 2.35. The summed E-state index contributed by atoms with van der Waals surface area (Å²) >= 11 is 3.34. The van der Waals surface area contributed by atoms with Crippen LogP contribution in [0.15, 0.2) is 40.1 Å². The monoisotopic (exact) mass is 368 g/mol. The molecule has 0 spiro atoms. The SMILES string of the molecule is Cc1c(Br)cnn1CCC(=O)O/N=C(\N)c1ccc(F)cc1. The summed E-state index contributed by atoms with van der Waals surface area (Å²) in [4.78, 5) is 16.4. The van der Waals surface area contributed by atoms with Gasteiger partial charge in [-0.1, -0.05) is 5.16 Å². The number of amidine groups is 1. The van der Waals surface area contributed by atoms with Gasteiger partial charge in [-0.15, -0.1) is 0 Å². The second-order valence-corrected chi connectivity index (χ2v) is 5.35. The highest BCUT2D eigenvalue weighted by atomic mass is 79.9. The molecule has 0 fully saturated rings. The average Bonchev–Trinajstić information content (AvgIpc) is 2.83. The Labute approximate surface area is 134 Å². The van der Waals surface area contributed by atoms with Gasteiger partial charge in [-0.3, -0.25) is 4.68 Å². The van der Waals surface area contributed by atoms with E-state index in [4.69, 9.17) is 10.6 Å². The summed E-state index contributed by atoms with van der Waals surface area (Å²) < 4.78 is 15.3. The highest BCUT2D eigenvalue weighted by Gasteiger charge is 2.08. The van der Waals surface area contributed by atoms with Crippen molar-refractivity contribution in [2.24, 2.45) is 10.9 Å². The van der Waals surface area contributed by atoms with Crippen molar-refractivity contribution in [1.29, 1.82) is 0 Å². The van der Waals surface area contributed by atoms with Gasteiger partial charge in [0.25, 0.3) is 0 Å². The van der Waals surface area contributed by atoms with Crippen LogP contribution in [-0.4, -0.2) is 21.6 Å². The number of nitrogens with two attached hydrogens (primary N) is 1. The maximum Gasteiger partial charge on any atom is 0.336 e. The zero-order chi connectivity index (χ0) is 16.1. The second kappa shape index (κ2) is 7.17. The van der Waals surface area contributed by atoms with Gasteiger partial charge >= 0.3 is 5.97 Å². The molecular weight excluding hydrogens is 355 g/mol. The normalized spacial score (nSPS) is 11.5. The summed E-state index contributed by atoms with van der Waals surface area (Å²) in [7, 11) is 0. The van der Waals surface area contributed by atoms with Crippen LogP contribution in [0.3, 0.4) is 0 Å². The first-order valence-corrected chi connectivity index (χ1v) is 7.24. The molecule has 0 aliphatic rings. The molecule has 2 rings (SSSR count). The van der Waals surface area contributed by atoms with Gasteiger partial charge in [-0.25, -0.2) is 9.18 Å². The summed E-state index contributed by atoms with van der Waals surface area (Å²) in [6, 6.07) is 5.40. The van der Waals surface area contributed by atoms with Crippen molar-refractivity contribution in [1.82, 2.24) is 9.78 Å². The van der Waals surface area contributed by atoms with E-state index in [9.17, 15) is 9.18 Å². The van der Waals surface area contributed by atoms with Crippen molar-refractivity contribution in [3.63, 3.8) is 0 Å². The molecular formula is C14H14BrFN4O2. The maximum atomic E-state index is 12.8. The van der Waals surface area contributed by atoms with E-state index < -0.39 is 5.97 Å². The topological polar surface area (TPSA) is 82.5 Å². The Balaban J connectivity index is 1.88. The van der Waals surface area contributed by atoms with Crippen molar-refractivity contribution in [2.45, 2.75) is 19.9 Å². The molecule has 1 aromatic heterocycles. The molecule has 8 heteroatoms. The third kappa shape index (κ3) is 4.14. The standard InChI is InChI=1S/C14H14BrFN4O2/c1-9-12(15)8-18-20(9)7-6-13(21)22-19-14(17)10-2-4-11(16)5-3-10/h2-5,8H,6-7H2,1H3,(H2,17,19). The molecule has 1 aromatic carbocycles. The lowest BCUT2D eigenvalue weighted by Crippen LogP contribution is -2.16. The van der Waals surface area contributed by atoms with Gasteiger partial charge < -0.3 is 10.6 Å². The lowest BCUT2D eigenvalue weighted by atomic mass is 10.2. The van der Waals surface area contributed by atoms with Gasteiger partial charge in [-0.05, 0) is 47.1 Å². The van der Waals surface area contributed by atoms with Gasteiger partial charge in [0, 0.05) is 11.3 Å². The van der Waals surface area contributed by atoms with Crippen LogP contribution in [0.4, 0.5) is 4.39 Å². The highest BCUT2D eigenvalue weighted by Crippen LogP contribution is 2.14.